The van der Waals surface area contributed by atoms with Gasteiger partial charge in [-0.25, -0.2) is 4.98 Å². The maximum atomic E-state index is 5.68. The van der Waals surface area contributed by atoms with Crippen LogP contribution < -0.4 is 5.73 Å². The second-order valence-electron chi connectivity index (χ2n) is 2.50. The van der Waals surface area contributed by atoms with E-state index in [4.69, 9.17) is 5.73 Å². The topological polar surface area (TPSA) is 54.7 Å². The minimum absolute atomic E-state index is 0.587. The van der Waals surface area contributed by atoms with E-state index < -0.39 is 0 Å². The van der Waals surface area contributed by atoms with Crippen molar-refractivity contribution in [1.82, 2.24) is 9.97 Å². The Hall–Kier alpha value is -1.16. The Kier molecular flexibility index (Phi) is 1.69. The smallest absolute Gasteiger partial charge is 0.132 e. The number of aromatic nitrogens is 2. The van der Waals surface area contributed by atoms with Gasteiger partial charge in [-0.15, -0.1) is 11.8 Å². The molecule has 3 nitrogen and oxygen atoms in total. The largest absolute Gasteiger partial charge is 0.383 e. The van der Waals surface area contributed by atoms with Crippen LogP contribution in [0.15, 0.2) is 23.4 Å². The molecule has 0 radical (unpaired) electrons. The number of pyridine rings is 1. The lowest BCUT2D eigenvalue weighted by Gasteiger charge is -1.91. The number of aromatic amines is 1. The Bertz CT molecular complexity index is 408. The lowest BCUT2D eigenvalue weighted by atomic mass is 10.3. The van der Waals surface area contributed by atoms with Crippen LogP contribution in [-0.4, -0.2) is 16.2 Å². The normalized spacial score (nSPS) is 10.8. The standard InChI is InChI=1S/C8H9N3S/c1-12-7-4-5-6(11-7)2-3-10-8(5)9/h2-4,11H,1H3,(H2,9,10). The fourth-order valence-corrected chi connectivity index (χ4v) is 1.61. The molecule has 0 unspecified atom stereocenters. The molecule has 4 heteroatoms. The summed E-state index contributed by atoms with van der Waals surface area (Å²) in [5.41, 5.74) is 6.73. The Morgan fingerprint density at radius 3 is 3.08 bits per heavy atom. The number of nitrogen functional groups attached to an aromatic ring is 1. The first-order chi connectivity index (χ1) is 5.81. The fourth-order valence-electron chi connectivity index (χ4n) is 1.16. The van der Waals surface area contributed by atoms with Crippen molar-refractivity contribution in [2.24, 2.45) is 0 Å². The van der Waals surface area contributed by atoms with E-state index in [1.54, 1.807) is 18.0 Å². The van der Waals surface area contributed by atoms with Crippen LogP contribution in [0, 0.1) is 0 Å². The lowest BCUT2D eigenvalue weighted by molar-refractivity contribution is 1.24. The summed E-state index contributed by atoms with van der Waals surface area (Å²) in [5.74, 6) is 0.587. The summed E-state index contributed by atoms with van der Waals surface area (Å²) in [4.78, 5) is 7.23. The van der Waals surface area contributed by atoms with Gasteiger partial charge in [0.2, 0.25) is 0 Å². The van der Waals surface area contributed by atoms with Crippen LogP contribution in [-0.2, 0) is 0 Å². The number of H-pyrrole nitrogens is 1. The maximum Gasteiger partial charge on any atom is 0.132 e. The number of fused-ring (bicyclic) bond motifs is 1. The molecule has 0 saturated heterocycles. The lowest BCUT2D eigenvalue weighted by Crippen LogP contribution is -1.88. The Balaban J connectivity index is 2.74. The van der Waals surface area contributed by atoms with Crippen molar-refractivity contribution in [3.63, 3.8) is 0 Å². The minimum Gasteiger partial charge on any atom is -0.383 e. The van der Waals surface area contributed by atoms with E-state index in [1.807, 2.05) is 18.4 Å². The van der Waals surface area contributed by atoms with Crippen molar-refractivity contribution >= 4 is 28.5 Å². The summed E-state index contributed by atoms with van der Waals surface area (Å²) >= 11 is 1.66. The molecule has 0 aliphatic carbocycles. The molecule has 12 heavy (non-hydrogen) atoms. The highest BCUT2D eigenvalue weighted by molar-refractivity contribution is 7.98. The maximum absolute atomic E-state index is 5.68. The highest BCUT2D eigenvalue weighted by Gasteiger charge is 2.02. The second-order valence-corrected chi connectivity index (χ2v) is 3.34. The summed E-state index contributed by atoms with van der Waals surface area (Å²) in [6, 6.07) is 3.94. The molecule has 2 aromatic heterocycles. The quantitative estimate of drug-likeness (QED) is 0.657. The van der Waals surface area contributed by atoms with Gasteiger partial charge in [0, 0.05) is 11.6 Å². The first-order valence-electron chi connectivity index (χ1n) is 3.58. The van der Waals surface area contributed by atoms with Crippen LogP contribution in [0.2, 0.25) is 0 Å². The average molecular weight is 179 g/mol. The van der Waals surface area contributed by atoms with Gasteiger partial charge in [0.1, 0.15) is 5.82 Å². The third-order valence-corrected chi connectivity index (χ3v) is 2.43. The van der Waals surface area contributed by atoms with E-state index in [1.165, 1.54) is 0 Å². The third kappa shape index (κ3) is 1.04. The van der Waals surface area contributed by atoms with E-state index >= 15 is 0 Å². The van der Waals surface area contributed by atoms with Crippen LogP contribution in [0.4, 0.5) is 5.82 Å². The summed E-state index contributed by atoms with van der Waals surface area (Å²) in [6.45, 7) is 0. The molecule has 2 aromatic rings. The number of thioether (sulfide) groups is 1. The Labute approximate surface area is 74.4 Å². The van der Waals surface area contributed by atoms with E-state index in [0.717, 1.165) is 15.9 Å². The summed E-state index contributed by atoms with van der Waals surface area (Å²) in [7, 11) is 0. The molecule has 0 atom stereocenters. The van der Waals surface area contributed by atoms with Crippen molar-refractivity contribution in [3.8, 4) is 0 Å². The van der Waals surface area contributed by atoms with Gasteiger partial charge in [-0.1, -0.05) is 0 Å². The first kappa shape index (κ1) is 7.49. The van der Waals surface area contributed by atoms with Crippen molar-refractivity contribution in [2.75, 3.05) is 12.0 Å². The molecule has 62 valence electrons. The number of nitrogens with one attached hydrogen (secondary N) is 1. The van der Waals surface area contributed by atoms with Gasteiger partial charge in [-0.3, -0.25) is 0 Å². The average Bonchev–Trinajstić information content (AvgIpc) is 2.49. The zero-order chi connectivity index (χ0) is 8.55. The number of hydrogen-bond acceptors (Lipinski definition) is 3. The molecule has 3 N–H and O–H groups in total. The van der Waals surface area contributed by atoms with Crippen LogP contribution in [0.5, 0.6) is 0 Å². The predicted molar refractivity (Wildman–Crippen MR) is 52.3 cm³/mol. The molecule has 0 aromatic carbocycles. The van der Waals surface area contributed by atoms with Gasteiger partial charge < -0.3 is 10.7 Å². The molecule has 0 bridgehead atoms. The van der Waals surface area contributed by atoms with Crippen LogP contribution in [0.3, 0.4) is 0 Å². The zero-order valence-corrected chi connectivity index (χ0v) is 7.48. The number of nitrogens with zero attached hydrogens (tertiary/aromatic N) is 1. The highest BCUT2D eigenvalue weighted by Crippen LogP contribution is 2.23. The first-order valence-corrected chi connectivity index (χ1v) is 4.81. The number of anilines is 1. The highest BCUT2D eigenvalue weighted by atomic mass is 32.2. The summed E-state index contributed by atoms with van der Waals surface area (Å²) in [5, 5.41) is 2.12. The van der Waals surface area contributed by atoms with Crippen LogP contribution >= 0.6 is 11.8 Å². The zero-order valence-electron chi connectivity index (χ0n) is 6.66. The van der Waals surface area contributed by atoms with Gasteiger partial charge >= 0.3 is 0 Å². The van der Waals surface area contributed by atoms with Crippen LogP contribution in [0.25, 0.3) is 10.9 Å². The Morgan fingerprint density at radius 1 is 1.58 bits per heavy atom. The Morgan fingerprint density at radius 2 is 2.42 bits per heavy atom. The second kappa shape index (κ2) is 2.71. The molecular weight excluding hydrogens is 170 g/mol. The van der Waals surface area contributed by atoms with E-state index in [9.17, 15) is 0 Å². The molecule has 0 aliphatic heterocycles. The van der Waals surface area contributed by atoms with Crippen molar-refractivity contribution in [3.05, 3.63) is 18.3 Å². The number of rotatable bonds is 1. The molecule has 0 spiro atoms. The summed E-state index contributed by atoms with van der Waals surface area (Å²) in [6.07, 6.45) is 3.73. The van der Waals surface area contributed by atoms with Crippen molar-refractivity contribution in [1.29, 1.82) is 0 Å². The van der Waals surface area contributed by atoms with E-state index in [2.05, 4.69) is 9.97 Å². The third-order valence-electron chi connectivity index (χ3n) is 1.77. The molecule has 2 heterocycles. The fraction of sp³-hybridized carbons (Fsp3) is 0.125. The minimum atomic E-state index is 0.587. The van der Waals surface area contributed by atoms with Gasteiger partial charge in [0.15, 0.2) is 0 Å². The van der Waals surface area contributed by atoms with Gasteiger partial charge in [0.05, 0.1) is 10.5 Å². The molecule has 0 aliphatic rings. The monoisotopic (exact) mass is 179 g/mol. The molecule has 0 fully saturated rings. The summed E-state index contributed by atoms with van der Waals surface area (Å²) < 4.78 is 0. The molecular formula is C8H9N3S. The van der Waals surface area contributed by atoms with Gasteiger partial charge in [0.25, 0.3) is 0 Å². The van der Waals surface area contributed by atoms with Crippen molar-refractivity contribution in [2.45, 2.75) is 5.03 Å². The van der Waals surface area contributed by atoms with Gasteiger partial charge in [-0.2, -0.15) is 0 Å². The number of hydrogen-bond donors (Lipinski definition) is 2. The van der Waals surface area contributed by atoms with E-state index in [0.29, 0.717) is 5.82 Å². The van der Waals surface area contributed by atoms with Gasteiger partial charge in [-0.05, 0) is 18.4 Å². The van der Waals surface area contributed by atoms with Crippen molar-refractivity contribution < 1.29 is 0 Å². The SMILES string of the molecule is CSc1cc2c(N)nccc2[nH]1. The molecule has 0 amide bonds. The van der Waals surface area contributed by atoms with E-state index in [-0.39, 0.29) is 0 Å². The number of nitrogens with two attached hydrogens (primary N) is 1. The predicted octanol–water partition coefficient (Wildman–Crippen LogP) is 1.87. The molecule has 0 saturated carbocycles. The van der Waals surface area contributed by atoms with Crippen LogP contribution in [0.1, 0.15) is 0 Å². The molecule has 2 rings (SSSR count).